The van der Waals surface area contributed by atoms with Crippen molar-refractivity contribution in [1.29, 1.82) is 0 Å². The van der Waals surface area contributed by atoms with Crippen molar-refractivity contribution in [3.63, 3.8) is 0 Å². The Kier molecular flexibility index (Phi) is 8.94. The molecule has 5 rings (SSSR count). The molecular weight excluding hydrogens is 554 g/mol. The third kappa shape index (κ3) is 5.68. The van der Waals surface area contributed by atoms with Crippen LogP contribution in [0, 0.1) is 17.8 Å². The molecule has 0 aromatic heterocycles. The molecule has 0 radical (unpaired) electrons. The van der Waals surface area contributed by atoms with Crippen LogP contribution >= 0.6 is 0 Å². The molecule has 2 N–H and O–H groups in total. The van der Waals surface area contributed by atoms with E-state index in [-0.39, 0.29) is 37.9 Å². The van der Waals surface area contributed by atoms with E-state index in [0.29, 0.717) is 24.3 Å². The smallest absolute Gasteiger partial charge is 0.313 e. The molecule has 0 aliphatic carbocycles. The highest BCUT2D eigenvalue weighted by atomic mass is 16.6. The number of hydrogen-bond acceptors (Lipinski definition) is 8. The number of aliphatic hydroxyl groups excluding tert-OH is 1. The van der Waals surface area contributed by atoms with Gasteiger partial charge in [0.05, 0.1) is 38.3 Å². The quantitative estimate of drug-likeness (QED) is 0.377. The first-order valence-corrected chi connectivity index (χ1v) is 15.0. The van der Waals surface area contributed by atoms with Crippen molar-refractivity contribution in [2.24, 2.45) is 17.8 Å². The largest absolute Gasteiger partial charge is 0.497 e. The van der Waals surface area contributed by atoms with E-state index in [1.165, 1.54) is 4.90 Å². The third-order valence-corrected chi connectivity index (χ3v) is 8.71. The molecule has 43 heavy (non-hydrogen) atoms. The summed E-state index contributed by atoms with van der Waals surface area (Å²) < 4.78 is 17.5. The Morgan fingerprint density at radius 2 is 1.86 bits per heavy atom. The average molecular weight is 596 g/mol. The molecule has 232 valence electrons. The minimum atomic E-state index is -1.41. The van der Waals surface area contributed by atoms with Crippen LogP contribution in [0.1, 0.15) is 40.0 Å². The van der Waals surface area contributed by atoms with E-state index in [2.05, 4.69) is 5.32 Å². The third-order valence-electron chi connectivity index (χ3n) is 8.71. The Morgan fingerprint density at radius 1 is 1.12 bits per heavy atom. The first kappa shape index (κ1) is 30.7. The van der Waals surface area contributed by atoms with Crippen LogP contribution in [0.4, 0.5) is 5.69 Å². The van der Waals surface area contributed by atoms with E-state index in [1.54, 1.807) is 55.4 Å². The maximum atomic E-state index is 14.8. The molecule has 1 aromatic rings. The number of carbonyl (C=O) groups is 4. The monoisotopic (exact) mass is 595 g/mol. The summed E-state index contributed by atoms with van der Waals surface area (Å²) in [5.41, 5.74) is -0.837. The fourth-order valence-corrected chi connectivity index (χ4v) is 6.78. The van der Waals surface area contributed by atoms with Crippen molar-refractivity contribution in [2.45, 2.75) is 69.9 Å². The number of nitrogens with one attached hydrogen (secondary N) is 1. The van der Waals surface area contributed by atoms with Crippen molar-refractivity contribution >= 4 is 29.4 Å². The van der Waals surface area contributed by atoms with Crippen LogP contribution < -0.4 is 15.0 Å². The van der Waals surface area contributed by atoms with Gasteiger partial charge in [0.1, 0.15) is 29.4 Å². The molecule has 4 aliphatic rings. The molecule has 4 heterocycles. The predicted molar refractivity (Wildman–Crippen MR) is 157 cm³/mol. The summed E-state index contributed by atoms with van der Waals surface area (Å²) in [4.78, 5) is 58.2. The highest BCUT2D eigenvalue weighted by Gasteiger charge is 2.74. The molecule has 11 heteroatoms. The van der Waals surface area contributed by atoms with Gasteiger partial charge in [0, 0.05) is 18.7 Å². The number of esters is 1. The van der Waals surface area contributed by atoms with Gasteiger partial charge in [-0.25, -0.2) is 0 Å². The predicted octanol–water partition coefficient (Wildman–Crippen LogP) is 1.98. The molecule has 2 saturated heterocycles. The van der Waals surface area contributed by atoms with Crippen LogP contribution in [0.25, 0.3) is 0 Å². The van der Waals surface area contributed by atoms with Gasteiger partial charge >= 0.3 is 5.97 Å². The van der Waals surface area contributed by atoms with Gasteiger partial charge in [0.25, 0.3) is 5.91 Å². The van der Waals surface area contributed by atoms with Crippen LogP contribution in [0.2, 0.25) is 0 Å². The zero-order valence-corrected chi connectivity index (χ0v) is 25.1. The summed E-state index contributed by atoms with van der Waals surface area (Å²) >= 11 is 0. The molecule has 11 nitrogen and oxygen atoms in total. The van der Waals surface area contributed by atoms with Gasteiger partial charge in [0.2, 0.25) is 11.8 Å². The number of anilines is 1. The minimum Gasteiger partial charge on any atom is -0.497 e. The second-order valence-electron chi connectivity index (χ2n) is 12.1. The standard InChI is InChI=1S/C32H41N3O8/c1-19(2)16-22(18-36)35-28-30(39)34(21-9-11-23(41-4)12-10-21)15-7-5-6-8-25(37)33-17-20(3)42-31(40)26-24-13-14-32(28,43-24)27(26)29(35)38/h5,7,9-14,19-20,22,24,26-28,36H,6,8,15-18H2,1-4H3,(H,33,37)/b7-5-/t20-,22-,24+,26-,27-,28+,32-/m1/s1. The van der Waals surface area contributed by atoms with Crippen molar-refractivity contribution < 1.29 is 38.5 Å². The fraction of sp³-hybridized carbons (Fsp3) is 0.562. The lowest BCUT2D eigenvalue weighted by Gasteiger charge is -2.39. The summed E-state index contributed by atoms with van der Waals surface area (Å²) in [5, 5.41) is 13.3. The van der Waals surface area contributed by atoms with Gasteiger partial charge in [-0.05, 0) is 49.9 Å². The van der Waals surface area contributed by atoms with Crippen molar-refractivity contribution in [3.8, 4) is 5.75 Å². The lowest BCUT2D eigenvalue weighted by atomic mass is 9.74. The maximum absolute atomic E-state index is 14.8. The number of aliphatic hydroxyl groups is 1. The summed E-state index contributed by atoms with van der Waals surface area (Å²) in [6.07, 6.45) is 6.89. The number of cyclic esters (lactones) is 1. The molecule has 0 unspecified atom stereocenters. The van der Waals surface area contributed by atoms with E-state index < -0.39 is 59.5 Å². The number of allylic oxidation sites excluding steroid dienone is 1. The number of likely N-dealkylation sites (tertiary alicyclic amines) is 1. The SMILES string of the molecule is COc1ccc(N2C/C=C\CCC(=O)NC[C@@H](C)OC(=O)[C@@H]3[C@@H]4C=C[C@]5(O4)[C@H](C2=O)N([C@@H](CO)CC(C)C)C(=O)[C@@H]35)cc1. The van der Waals surface area contributed by atoms with E-state index >= 15 is 0 Å². The Balaban J connectivity index is 1.62. The molecule has 4 aliphatic heterocycles. The number of nitrogens with zero attached hydrogens (tertiary/aromatic N) is 2. The first-order chi connectivity index (χ1) is 20.6. The van der Waals surface area contributed by atoms with E-state index in [9.17, 15) is 24.3 Å². The maximum Gasteiger partial charge on any atom is 0.313 e. The second kappa shape index (κ2) is 12.5. The summed E-state index contributed by atoms with van der Waals surface area (Å²) in [7, 11) is 1.56. The van der Waals surface area contributed by atoms with E-state index in [1.807, 2.05) is 26.0 Å². The number of ether oxygens (including phenoxy) is 3. The molecule has 3 amide bonds. The zero-order valence-electron chi connectivity index (χ0n) is 25.1. The summed E-state index contributed by atoms with van der Waals surface area (Å²) in [5.74, 6) is -2.86. The highest BCUT2D eigenvalue weighted by Crippen LogP contribution is 2.56. The summed E-state index contributed by atoms with van der Waals surface area (Å²) in [6.45, 7) is 5.59. The van der Waals surface area contributed by atoms with E-state index in [0.717, 1.165) is 0 Å². The molecule has 7 atom stereocenters. The van der Waals surface area contributed by atoms with Gasteiger partial charge in [-0.15, -0.1) is 0 Å². The number of carbonyl (C=O) groups excluding carboxylic acids is 4. The lowest BCUT2D eigenvalue weighted by Crippen LogP contribution is -2.59. The molecule has 0 saturated carbocycles. The van der Waals surface area contributed by atoms with Crippen molar-refractivity contribution in [1.82, 2.24) is 10.2 Å². The van der Waals surface area contributed by atoms with Crippen LogP contribution in [0.5, 0.6) is 5.75 Å². The zero-order chi connectivity index (χ0) is 30.9. The number of methoxy groups -OCH3 is 1. The second-order valence-corrected chi connectivity index (χ2v) is 12.1. The lowest BCUT2D eigenvalue weighted by molar-refractivity contribution is -0.159. The molecule has 1 aromatic carbocycles. The number of benzene rings is 1. The fourth-order valence-electron chi connectivity index (χ4n) is 6.78. The minimum absolute atomic E-state index is 0.120. The molecule has 1 spiro atoms. The van der Waals surface area contributed by atoms with Gasteiger partial charge in [-0.2, -0.15) is 0 Å². The molecule has 2 fully saturated rings. The molecular formula is C32H41N3O8. The normalized spacial score (nSPS) is 32.6. The number of hydrogen-bond donors (Lipinski definition) is 2. The van der Waals surface area contributed by atoms with Gasteiger partial charge in [-0.1, -0.05) is 38.2 Å². The van der Waals surface area contributed by atoms with Crippen LogP contribution in [-0.2, 0) is 28.7 Å². The van der Waals surface area contributed by atoms with Gasteiger partial charge < -0.3 is 34.4 Å². The van der Waals surface area contributed by atoms with E-state index in [4.69, 9.17) is 14.2 Å². The Hall–Kier alpha value is -3.70. The Bertz CT molecular complexity index is 1290. The number of amides is 3. The van der Waals surface area contributed by atoms with Crippen LogP contribution in [0.15, 0.2) is 48.6 Å². The Morgan fingerprint density at radius 3 is 2.53 bits per heavy atom. The first-order valence-electron chi connectivity index (χ1n) is 15.0. The van der Waals surface area contributed by atoms with Gasteiger partial charge in [-0.3, -0.25) is 19.2 Å². The van der Waals surface area contributed by atoms with Crippen molar-refractivity contribution in [3.05, 3.63) is 48.6 Å². The average Bonchev–Trinajstić information content (AvgIpc) is 3.63. The van der Waals surface area contributed by atoms with Crippen LogP contribution in [0.3, 0.4) is 0 Å². The topological polar surface area (TPSA) is 135 Å². The summed E-state index contributed by atoms with van der Waals surface area (Å²) in [6, 6.07) is 5.22. The molecule has 5 bridgehead atoms. The number of rotatable bonds is 6. The van der Waals surface area contributed by atoms with Gasteiger partial charge in [0.15, 0.2) is 0 Å². The van der Waals surface area contributed by atoms with Crippen LogP contribution in [-0.4, -0.2) is 90.4 Å². The van der Waals surface area contributed by atoms with Crippen molar-refractivity contribution in [2.75, 3.05) is 31.7 Å². The highest BCUT2D eigenvalue weighted by molar-refractivity contribution is 6.05. The Labute approximate surface area is 251 Å². The number of fused-ring (bicyclic) bond motifs is 2.